The highest BCUT2D eigenvalue weighted by molar-refractivity contribution is 7.09. The van der Waals surface area contributed by atoms with E-state index in [4.69, 9.17) is 10.5 Å². The van der Waals surface area contributed by atoms with Crippen LogP contribution >= 0.6 is 11.3 Å². The highest BCUT2D eigenvalue weighted by Gasteiger charge is 2.19. The summed E-state index contributed by atoms with van der Waals surface area (Å²) in [5.74, 6) is -0.128. The summed E-state index contributed by atoms with van der Waals surface area (Å²) in [6.45, 7) is 0.479. The first kappa shape index (κ1) is 22.5. The van der Waals surface area contributed by atoms with Crippen molar-refractivity contribution >= 4 is 23.0 Å². The van der Waals surface area contributed by atoms with E-state index in [1.54, 1.807) is 29.5 Å². The lowest BCUT2D eigenvalue weighted by Crippen LogP contribution is -2.10. The molecule has 4 rings (SSSR count). The lowest BCUT2D eigenvalue weighted by molar-refractivity contribution is 0.0306. The highest BCUT2D eigenvalue weighted by Crippen LogP contribution is 2.34. The lowest BCUT2D eigenvalue weighted by atomic mass is 9.85. The van der Waals surface area contributed by atoms with Crippen LogP contribution in [0.1, 0.15) is 71.8 Å². The molecule has 2 aromatic carbocycles. The van der Waals surface area contributed by atoms with Crippen LogP contribution in [0.4, 0.5) is 5.69 Å². The van der Waals surface area contributed by atoms with Crippen molar-refractivity contribution in [1.82, 2.24) is 4.98 Å². The quantitative estimate of drug-likeness (QED) is 0.354. The number of ether oxygens (including phenoxy) is 1. The number of thiazole rings is 1. The topological polar surface area (TPSA) is 85.4 Å². The second-order valence-corrected chi connectivity index (χ2v) is 9.51. The first-order chi connectivity index (χ1) is 15.6. The van der Waals surface area contributed by atoms with Gasteiger partial charge < -0.3 is 15.6 Å². The highest BCUT2D eigenvalue weighted by atomic mass is 32.1. The fraction of sp³-hybridized carbons (Fsp3) is 0.385. The van der Waals surface area contributed by atoms with E-state index in [1.807, 2.05) is 36.0 Å². The Morgan fingerprint density at radius 3 is 2.75 bits per heavy atom. The summed E-state index contributed by atoms with van der Waals surface area (Å²) in [5, 5.41) is 9.25. The van der Waals surface area contributed by atoms with Crippen molar-refractivity contribution in [2.45, 2.75) is 57.7 Å². The summed E-state index contributed by atoms with van der Waals surface area (Å²) in [7, 11) is 0. The molecule has 1 fully saturated rings. The summed E-state index contributed by atoms with van der Waals surface area (Å²) >= 11 is 1.65. The van der Waals surface area contributed by atoms with Crippen molar-refractivity contribution in [2.24, 2.45) is 5.92 Å². The van der Waals surface area contributed by atoms with Crippen LogP contribution in [-0.4, -0.2) is 16.1 Å². The summed E-state index contributed by atoms with van der Waals surface area (Å²) in [5.41, 5.74) is 11.7. The monoisotopic (exact) mass is 450 g/mol. The van der Waals surface area contributed by atoms with Gasteiger partial charge in [0, 0.05) is 17.4 Å². The molecule has 32 heavy (non-hydrogen) atoms. The van der Waals surface area contributed by atoms with Gasteiger partial charge in [0.15, 0.2) is 0 Å². The van der Waals surface area contributed by atoms with Crippen molar-refractivity contribution in [2.75, 3.05) is 5.73 Å². The van der Waals surface area contributed by atoms with Gasteiger partial charge in [-0.15, -0.1) is 11.3 Å². The van der Waals surface area contributed by atoms with Crippen LogP contribution in [0.5, 0.6) is 0 Å². The molecule has 168 valence electrons. The predicted molar refractivity (Wildman–Crippen MR) is 129 cm³/mol. The van der Waals surface area contributed by atoms with Gasteiger partial charge in [0.2, 0.25) is 0 Å². The lowest BCUT2D eigenvalue weighted by Gasteiger charge is -2.24. The Bertz CT molecular complexity index is 1030. The molecule has 1 heterocycles. The predicted octanol–water partition coefficient (Wildman–Crippen LogP) is 6.71. The van der Waals surface area contributed by atoms with Gasteiger partial charge in [-0.05, 0) is 48.1 Å². The molecule has 1 atom stereocenters. The number of nitrogens with zero attached hydrogens (tertiary/aromatic N) is 1. The third-order valence-corrected chi connectivity index (χ3v) is 7.19. The summed E-state index contributed by atoms with van der Waals surface area (Å²) in [6.07, 6.45) is 11.0. The van der Waals surface area contributed by atoms with Gasteiger partial charge >= 0.3 is 5.97 Å². The number of nitrogen functional groups attached to an aromatic ring is 1. The van der Waals surface area contributed by atoms with Gasteiger partial charge in [0.05, 0.1) is 28.7 Å². The third kappa shape index (κ3) is 5.75. The molecular formula is C26H30N2O3S. The van der Waals surface area contributed by atoms with Crippen LogP contribution in [0.15, 0.2) is 54.2 Å². The van der Waals surface area contributed by atoms with Crippen molar-refractivity contribution in [3.8, 4) is 11.1 Å². The molecule has 1 unspecified atom stereocenters. The van der Waals surface area contributed by atoms with Gasteiger partial charge in [-0.2, -0.15) is 0 Å². The smallest absolute Gasteiger partial charge is 0.335 e. The molecule has 3 aromatic rings. The molecular weight excluding hydrogens is 420 g/mol. The minimum atomic E-state index is -0.947. The number of carboxylic acid groups (broad SMARTS) is 1. The van der Waals surface area contributed by atoms with E-state index < -0.39 is 5.97 Å². The molecule has 1 aliphatic carbocycles. The van der Waals surface area contributed by atoms with Crippen LogP contribution in [0.3, 0.4) is 0 Å². The van der Waals surface area contributed by atoms with E-state index in [0.29, 0.717) is 12.3 Å². The van der Waals surface area contributed by atoms with Gasteiger partial charge in [-0.3, -0.25) is 4.98 Å². The van der Waals surface area contributed by atoms with Crippen molar-refractivity contribution in [3.63, 3.8) is 0 Å². The van der Waals surface area contributed by atoms with Gasteiger partial charge in [-0.1, -0.05) is 56.4 Å². The third-order valence-electron chi connectivity index (χ3n) is 6.32. The molecule has 1 saturated carbocycles. The number of benzene rings is 2. The van der Waals surface area contributed by atoms with Gasteiger partial charge in [0.25, 0.3) is 0 Å². The Labute approximate surface area is 193 Å². The van der Waals surface area contributed by atoms with E-state index >= 15 is 0 Å². The zero-order valence-corrected chi connectivity index (χ0v) is 19.0. The van der Waals surface area contributed by atoms with Crippen LogP contribution in [0.2, 0.25) is 0 Å². The average Bonchev–Trinajstić information content (AvgIpc) is 3.35. The molecule has 0 bridgehead atoms. The SMILES string of the molecule is Nc1cc(COC(CCC2CCCCC2)c2cncs2)ccc1-c1cccc(C(=O)O)c1. The van der Waals surface area contributed by atoms with Crippen LogP contribution in [0, 0.1) is 5.92 Å². The number of carboxylic acids is 1. The van der Waals surface area contributed by atoms with Crippen molar-refractivity contribution in [3.05, 3.63) is 70.2 Å². The van der Waals surface area contributed by atoms with E-state index in [0.717, 1.165) is 29.0 Å². The second-order valence-electron chi connectivity index (χ2n) is 8.59. The first-order valence-electron chi connectivity index (χ1n) is 11.3. The van der Waals surface area contributed by atoms with Gasteiger partial charge in [0.1, 0.15) is 0 Å². The number of hydrogen-bond donors (Lipinski definition) is 2. The fourth-order valence-corrected chi connectivity index (χ4v) is 5.24. The van der Waals surface area contributed by atoms with E-state index in [2.05, 4.69) is 4.98 Å². The standard InChI is InChI=1S/C26H30N2O3S/c27-23-13-19(9-11-22(23)20-7-4-8-21(14-20)26(29)30)16-31-24(25-15-28-17-32-25)12-10-18-5-2-1-3-6-18/h4,7-9,11,13-15,17-18,24H,1-3,5-6,10,12,16,27H2,(H,29,30). The second kappa shape index (κ2) is 10.7. The maximum atomic E-state index is 11.3. The minimum absolute atomic E-state index is 0.0533. The Kier molecular flexibility index (Phi) is 7.55. The minimum Gasteiger partial charge on any atom is -0.478 e. The fourth-order valence-electron chi connectivity index (χ4n) is 4.54. The van der Waals surface area contributed by atoms with E-state index in [9.17, 15) is 9.90 Å². The Balaban J connectivity index is 1.42. The number of nitrogens with two attached hydrogens (primary N) is 1. The van der Waals surface area contributed by atoms with Crippen LogP contribution in [0.25, 0.3) is 11.1 Å². The molecule has 5 nitrogen and oxygen atoms in total. The number of aromatic nitrogens is 1. The molecule has 0 spiro atoms. The molecule has 0 radical (unpaired) electrons. The van der Waals surface area contributed by atoms with Crippen molar-refractivity contribution in [1.29, 1.82) is 0 Å². The molecule has 6 heteroatoms. The molecule has 3 N–H and O–H groups in total. The summed E-state index contributed by atoms with van der Waals surface area (Å²) in [6, 6.07) is 12.7. The largest absolute Gasteiger partial charge is 0.478 e. The van der Waals surface area contributed by atoms with E-state index in [-0.39, 0.29) is 11.7 Å². The van der Waals surface area contributed by atoms with Crippen LogP contribution in [-0.2, 0) is 11.3 Å². The normalized spacial score (nSPS) is 15.5. The number of hydrogen-bond acceptors (Lipinski definition) is 5. The van der Waals surface area contributed by atoms with Crippen LogP contribution < -0.4 is 5.73 Å². The first-order valence-corrected chi connectivity index (χ1v) is 12.2. The Hall–Kier alpha value is -2.70. The van der Waals surface area contributed by atoms with Crippen molar-refractivity contribution < 1.29 is 14.6 Å². The zero-order valence-electron chi connectivity index (χ0n) is 18.2. The molecule has 0 saturated heterocycles. The summed E-state index contributed by atoms with van der Waals surface area (Å²) in [4.78, 5) is 16.7. The maximum Gasteiger partial charge on any atom is 0.335 e. The number of rotatable bonds is 9. The van der Waals surface area contributed by atoms with Gasteiger partial charge in [-0.25, -0.2) is 4.79 Å². The Morgan fingerprint density at radius 1 is 1.19 bits per heavy atom. The number of aromatic carboxylic acids is 1. The molecule has 1 aliphatic rings. The summed E-state index contributed by atoms with van der Waals surface area (Å²) < 4.78 is 6.35. The Morgan fingerprint density at radius 2 is 2.03 bits per heavy atom. The van der Waals surface area contributed by atoms with E-state index in [1.165, 1.54) is 43.4 Å². The molecule has 0 aliphatic heterocycles. The molecule has 0 amide bonds. The number of anilines is 1. The molecule has 1 aromatic heterocycles. The zero-order chi connectivity index (χ0) is 22.3. The average molecular weight is 451 g/mol. The number of carbonyl (C=O) groups is 1. The maximum absolute atomic E-state index is 11.3.